The molecule has 0 saturated carbocycles. The molecule has 0 aliphatic carbocycles. The van der Waals surface area contributed by atoms with Gasteiger partial charge in [0.25, 0.3) is 5.79 Å². The number of nitrogens with two attached hydrogens (primary N) is 1. The average Bonchev–Trinajstić information content (AvgIpc) is 2.67. The molecule has 0 aromatic heterocycles. The second-order valence-electron chi connectivity index (χ2n) is 6.32. The van der Waals surface area contributed by atoms with Gasteiger partial charge in [-0.05, 0) is 40.0 Å². The lowest BCUT2D eigenvalue weighted by Gasteiger charge is -2.36. The summed E-state index contributed by atoms with van der Waals surface area (Å²) in [5, 5.41) is 43.4. The van der Waals surface area contributed by atoms with Crippen LogP contribution in [0.15, 0.2) is 46.9 Å². The number of amides is 1. The minimum absolute atomic E-state index is 0.0991. The minimum Gasteiger partial charge on any atom is -0.496 e. The Hall–Kier alpha value is -2.21. The van der Waals surface area contributed by atoms with Gasteiger partial charge in [-0.1, -0.05) is 30.3 Å². The van der Waals surface area contributed by atoms with Crippen molar-refractivity contribution < 1.29 is 34.7 Å². The molecular formula is C19H23BrN2O7. The number of benzene rings is 2. The van der Waals surface area contributed by atoms with Gasteiger partial charge in [0.15, 0.2) is 0 Å². The van der Waals surface area contributed by atoms with Gasteiger partial charge < -0.3 is 35.6 Å². The van der Waals surface area contributed by atoms with Gasteiger partial charge in [-0.25, -0.2) is 0 Å². The molecule has 9 nitrogen and oxygen atoms in total. The molecule has 0 radical (unpaired) electrons. The van der Waals surface area contributed by atoms with Gasteiger partial charge in [-0.15, -0.1) is 0 Å². The molecule has 0 aliphatic rings. The normalized spacial score (nSPS) is 13.0. The number of halogens is 1. The van der Waals surface area contributed by atoms with Crippen LogP contribution in [0.1, 0.15) is 11.1 Å². The summed E-state index contributed by atoms with van der Waals surface area (Å²) >= 11 is 3.21. The molecule has 0 spiro atoms. The highest BCUT2D eigenvalue weighted by molar-refractivity contribution is 9.10. The Morgan fingerprint density at radius 2 is 1.69 bits per heavy atom. The van der Waals surface area contributed by atoms with Crippen molar-refractivity contribution in [3.05, 3.63) is 58.1 Å². The number of carbonyl (C=O) groups excluding carboxylic acids is 1. The van der Waals surface area contributed by atoms with Gasteiger partial charge in [-0.2, -0.15) is 0 Å². The Morgan fingerprint density at radius 3 is 2.24 bits per heavy atom. The van der Waals surface area contributed by atoms with Crippen LogP contribution >= 0.6 is 15.9 Å². The summed E-state index contributed by atoms with van der Waals surface area (Å²) in [6.45, 7) is 0. The molecule has 0 saturated heterocycles. The monoisotopic (exact) mass is 470 g/mol. The van der Waals surface area contributed by atoms with E-state index < -0.39 is 29.2 Å². The van der Waals surface area contributed by atoms with E-state index in [4.69, 9.17) is 15.2 Å². The lowest BCUT2D eigenvalue weighted by Crippen LogP contribution is -2.65. The van der Waals surface area contributed by atoms with Crippen molar-refractivity contribution in [2.45, 2.75) is 24.2 Å². The molecule has 0 heterocycles. The standard InChI is InChI=1S/C19H23BrN2O7/c1-28-15-10-13(20)16(29-2)9-12(15)18(24,25)19(26,27)22-17(23)14(21)8-11-6-4-3-5-7-11/h3-7,9-10,14,24-27H,8,21H2,1-2H3,(H,22,23). The van der Waals surface area contributed by atoms with Crippen molar-refractivity contribution in [3.8, 4) is 11.5 Å². The van der Waals surface area contributed by atoms with Crippen LogP contribution in [0.2, 0.25) is 0 Å². The van der Waals surface area contributed by atoms with E-state index in [0.717, 1.165) is 11.6 Å². The number of rotatable bonds is 8. The molecule has 1 atom stereocenters. The molecule has 0 aliphatic heterocycles. The van der Waals surface area contributed by atoms with Crippen LogP contribution in [-0.4, -0.2) is 52.5 Å². The number of hydrogen-bond donors (Lipinski definition) is 6. The SMILES string of the molecule is COc1cc(C(O)(O)C(O)(O)NC(=O)C(N)Cc2ccccc2)c(OC)cc1Br. The van der Waals surface area contributed by atoms with Crippen molar-refractivity contribution >= 4 is 21.8 Å². The largest absolute Gasteiger partial charge is 0.496 e. The highest BCUT2D eigenvalue weighted by Gasteiger charge is 2.52. The van der Waals surface area contributed by atoms with E-state index in [9.17, 15) is 25.2 Å². The molecule has 10 heteroatoms. The number of aliphatic hydroxyl groups is 4. The molecular weight excluding hydrogens is 448 g/mol. The van der Waals surface area contributed by atoms with E-state index in [1.165, 1.54) is 20.3 Å². The van der Waals surface area contributed by atoms with Crippen LogP contribution in [0.3, 0.4) is 0 Å². The summed E-state index contributed by atoms with van der Waals surface area (Å²) in [5.74, 6) is -7.80. The minimum atomic E-state index is -3.50. The van der Waals surface area contributed by atoms with Gasteiger partial charge in [0.2, 0.25) is 5.91 Å². The number of carbonyl (C=O) groups is 1. The zero-order valence-electron chi connectivity index (χ0n) is 15.8. The van der Waals surface area contributed by atoms with Crippen LogP contribution in [0.25, 0.3) is 0 Å². The number of nitrogens with one attached hydrogen (secondary N) is 1. The fourth-order valence-electron chi connectivity index (χ4n) is 2.63. The number of hydrogen-bond acceptors (Lipinski definition) is 8. The maximum Gasteiger partial charge on any atom is 0.308 e. The van der Waals surface area contributed by atoms with Gasteiger partial charge >= 0.3 is 5.91 Å². The predicted molar refractivity (Wildman–Crippen MR) is 107 cm³/mol. The van der Waals surface area contributed by atoms with Crippen LogP contribution in [0, 0.1) is 0 Å². The van der Waals surface area contributed by atoms with E-state index >= 15 is 0 Å². The third-order valence-corrected chi connectivity index (χ3v) is 4.89. The summed E-state index contributed by atoms with van der Waals surface area (Å²) in [6.07, 6.45) is 0.0992. The van der Waals surface area contributed by atoms with Crippen molar-refractivity contribution in [2.24, 2.45) is 5.73 Å². The van der Waals surface area contributed by atoms with Crippen molar-refractivity contribution in [2.75, 3.05) is 14.2 Å². The van der Waals surface area contributed by atoms with Gasteiger partial charge in [0.1, 0.15) is 11.5 Å². The van der Waals surface area contributed by atoms with Crippen molar-refractivity contribution in [1.82, 2.24) is 5.32 Å². The second kappa shape index (κ2) is 9.08. The summed E-state index contributed by atoms with van der Waals surface area (Å²) < 4.78 is 10.6. The summed E-state index contributed by atoms with van der Waals surface area (Å²) in [5.41, 5.74) is 6.10. The molecule has 2 aromatic carbocycles. The number of methoxy groups -OCH3 is 2. The molecule has 0 fully saturated rings. The van der Waals surface area contributed by atoms with Crippen LogP contribution in [0.4, 0.5) is 0 Å². The Bertz CT molecular complexity index is 859. The van der Waals surface area contributed by atoms with E-state index in [1.54, 1.807) is 35.6 Å². The van der Waals surface area contributed by atoms with Crippen molar-refractivity contribution in [3.63, 3.8) is 0 Å². The maximum absolute atomic E-state index is 12.3. The van der Waals surface area contributed by atoms with E-state index in [1.807, 2.05) is 0 Å². The highest BCUT2D eigenvalue weighted by atomic mass is 79.9. The Kier molecular flexibility index (Phi) is 7.22. The molecule has 2 rings (SSSR count). The molecule has 158 valence electrons. The zero-order chi connectivity index (χ0) is 21.8. The van der Waals surface area contributed by atoms with E-state index in [0.29, 0.717) is 4.47 Å². The first-order valence-electron chi connectivity index (χ1n) is 8.46. The third kappa shape index (κ3) is 5.04. The smallest absolute Gasteiger partial charge is 0.308 e. The Labute approximate surface area is 175 Å². The van der Waals surface area contributed by atoms with E-state index in [2.05, 4.69) is 15.9 Å². The molecule has 0 bridgehead atoms. The first-order valence-corrected chi connectivity index (χ1v) is 9.25. The molecule has 1 amide bonds. The van der Waals surface area contributed by atoms with Crippen LogP contribution in [-0.2, 0) is 17.0 Å². The lowest BCUT2D eigenvalue weighted by molar-refractivity contribution is -0.375. The topological polar surface area (TPSA) is 154 Å². The van der Waals surface area contributed by atoms with E-state index in [-0.39, 0.29) is 17.9 Å². The fourth-order valence-corrected chi connectivity index (χ4v) is 3.12. The van der Waals surface area contributed by atoms with Crippen LogP contribution in [0.5, 0.6) is 11.5 Å². The van der Waals surface area contributed by atoms with Gasteiger partial charge in [0, 0.05) is 0 Å². The second-order valence-corrected chi connectivity index (χ2v) is 7.17. The molecule has 1 unspecified atom stereocenters. The summed E-state index contributed by atoms with van der Waals surface area (Å²) in [6, 6.07) is 10.1. The van der Waals surface area contributed by atoms with Crippen molar-refractivity contribution in [1.29, 1.82) is 0 Å². The summed E-state index contributed by atoms with van der Waals surface area (Å²) in [4.78, 5) is 12.3. The maximum atomic E-state index is 12.3. The molecule has 2 aromatic rings. The quantitative estimate of drug-likeness (QED) is 0.293. The average molecular weight is 471 g/mol. The zero-order valence-corrected chi connectivity index (χ0v) is 17.4. The fraction of sp³-hybridized carbons (Fsp3) is 0.316. The first kappa shape index (κ1) is 23.1. The highest BCUT2D eigenvalue weighted by Crippen LogP contribution is 2.40. The molecule has 7 N–H and O–H groups in total. The lowest BCUT2D eigenvalue weighted by atomic mass is 9.99. The predicted octanol–water partition coefficient (Wildman–Crippen LogP) is -0.0717. The number of ether oxygens (including phenoxy) is 2. The third-order valence-electron chi connectivity index (χ3n) is 4.27. The summed E-state index contributed by atoms with van der Waals surface area (Å²) in [7, 11) is 2.58. The Balaban J connectivity index is 2.27. The van der Waals surface area contributed by atoms with Crippen LogP contribution < -0.4 is 20.5 Å². The Morgan fingerprint density at radius 1 is 1.10 bits per heavy atom. The van der Waals surface area contributed by atoms with Gasteiger partial charge in [0.05, 0.1) is 30.3 Å². The first-order chi connectivity index (χ1) is 13.5. The molecule has 29 heavy (non-hydrogen) atoms. The van der Waals surface area contributed by atoms with Gasteiger partial charge in [-0.3, -0.25) is 10.1 Å².